The van der Waals surface area contributed by atoms with E-state index in [9.17, 15) is 0 Å². The summed E-state index contributed by atoms with van der Waals surface area (Å²) in [6.07, 6.45) is 0.963. The summed E-state index contributed by atoms with van der Waals surface area (Å²) in [4.78, 5) is 0. The Morgan fingerprint density at radius 2 is 1.73 bits per heavy atom. The smallest absolute Gasteiger partial charge is 0.165 e. The maximum atomic E-state index is 6.17. The standard InChI is InChI=1S/C18H22ClNO2/c1-3-11-22-18-15(8-6-10-17(18)21-2)13-20-12-14-7-4-5-9-16(14)19/h4-10,20H,3,11-13H2,1-2H3. The van der Waals surface area contributed by atoms with Gasteiger partial charge in [0.1, 0.15) is 0 Å². The minimum atomic E-state index is 0.678. The monoisotopic (exact) mass is 319 g/mol. The first-order chi connectivity index (χ1) is 10.8. The molecule has 0 saturated carbocycles. The number of benzene rings is 2. The van der Waals surface area contributed by atoms with E-state index in [2.05, 4.69) is 12.2 Å². The first kappa shape index (κ1) is 16.7. The summed E-state index contributed by atoms with van der Waals surface area (Å²) in [6, 6.07) is 13.8. The zero-order valence-electron chi connectivity index (χ0n) is 13.1. The number of hydrogen-bond acceptors (Lipinski definition) is 3. The molecule has 3 nitrogen and oxygen atoms in total. The lowest BCUT2D eigenvalue weighted by molar-refractivity contribution is 0.290. The lowest BCUT2D eigenvalue weighted by Crippen LogP contribution is -2.14. The van der Waals surface area contributed by atoms with Crippen molar-refractivity contribution in [2.45, 2.75) is 26.4 Å². The first-order valence-electron chi connectivity index (χ1n) is 7.49. The van der Waals surface area contributed by atoms with Gasteiger partial charge in [0, 0.05) is 23.7 Å². The molecule has 2 aromatic carbocycles. The highest BCUT2D eigenvalue weighted by Gasteiger charge is 2.10. The van der Waals surface area contributed by atoms with E-state index in [1.165, 1.54) is 0 Å². The van der Waals surface area contributed by atoms with Gasteiger partial charge in [0.15, 0.2) is 11.5 Å². The minimum absolute atomic E-state index is 0.678. The molecule has 0 aromatic heterocycles. The van der Waals surface area contributed by atoms with Crippen LogP contribution in [0.3, 0.4) is 0 Å². The molecule has 118 valence electrons. The number of nitrogens with one attached hydrogen (secondary N) is 1. The number of ether oxygens (including phenoxy) is 2. The fraction of sp³-hybridized carbons (Fsp3) is 0.333. The van der Waals surface area contributed by atoms with Gasteiger partial charge in [-0.15, -0.1) is 0 Å². The molecule has 22 heavy (non-hydrogen) atoms. The Kier molecular flexibility index (Phi) is 6.56. The zero-order valence-corrected chi connectivity index (χ0v) is 13.8. The van der Waals surface area contributed by atoms with Gasteiger partial charge in [-0.3, -0.25) is 0 Å². The van der Waals surface area contributed by atoms with Crippen molar-refractivity contribution < 1.29 is 9.47 Å². The zero-order chi connectivity index (χ0) is 15.8. The predicted octanol–water partition coefficient (Wildman–Crippen LogP) is 4.43. The molecule has 0 saturated heterocycles. The molecule has 0 atom stereocenters. The van der Waals surface area contributed by atoms with Gasteiger partial charge in [-0.25, -0.2) is 0 Å². The summed E-state index contributed by atoms with van der Waals surface area (Å²) in [6.45, 7) is 4.17. The summed E-state index contributed by atoms with van der Waals surface area (Å²) in [5.41, 5.74) is 2.17. The van der Waals surface area contributed by atoms with Crippen molar-refractivity contribution in [3.63, 3.8) is 0 Å². The third-order valence-electron chi connectivity index (χ3n) is 3.32. The van der Waals surface area contributed by atoms with E-state index >= 15 is 0 Å². The van der Waals surface area contributed by atoms with Crippen molar-refractivity contribution in [1.82, 2.24) is 5.32 Å². The van der Waals surface area contributed by atoms with Gasteiger partial charge < -0.3 is 14.8 Å². The van der Waals surface area contributed by atoms with E-state index in [4.69, 9.17) is 21.1 Å². The summed E-state index contributed by atoms with van der Waals surface area (Å²) < 4.78 is 11.2. The van der Waals surface area contributed by atoms with Crippen LogP contribution in [0, 0.1) is 0 Å². The Balaban J connectivity index is 2.04. The molecule has 0 heterocycles. The van der Waals surface area contributed by atoms with Gasteiger partial charge in [0.25, 0.3) is 0 Å². The molecule has 4 heteroatoms. The molecule has 0 unspecified atom stereocenters. The van der Waals surface area contributed by atoms with Crippen LogP contribution in [0.4, 0.5) is 0 Å². The predicted molar refractivity (Wildman–Crippen MR) is 90.8 cm³/mol. The summed E-state index contributed by atoms with van der Waals surface area (Å²) in [5.74, 6) is 1.59. The van der Waals surface area contributed by atoms with Gasteiger partial charge in [-0.05, 0) is 24.1 Å². The fourth-order valence-corrected chi connectivity index (χ4v) is 2.41. The molecule has 0 spiro atoms. The summed E-state index contributed by atoms with van der Waals surface area (Å²) in [7, 11) is 1.66. The van der Waals surface area contributed by atoms with Gasteiger partial charge in [0.05, 0.1) is 13.7 Å². The fourth-order valence-electron chi connectivity index (χ4n) is 2.20. The van der Waals surface area contributed by atoms with Crippen LogP contribution in [-0.2, 0) is 13.1 Å². The van der Waals surface area contributed by atoms with Gasteiger partial charge in [-0.1, -0.05) is 48.9 Å². The average Bonchev–Trinajstić information content (AvgIpc) is 2.55. The van der Waals surface area contributed by atoms with Crippen LogP contribution in [-0.4, -0.2) is 13.7 Å². The number of para-hydroxylation sites is 1. The highest BCUT2D eigenvalue weighted by Crippen LogP contribution is 2.31. The third-order valence-corrected chi connectivity index (χ3v) is 3.69. The van der Waals surface area contributed by atoms with Gasteiger partial charge >= 0.3 is 0 Å². The topological polar surface area (TPSA) is 30.5 Å². The molecular weight excluding hydrogens is 298 g/mol. The Hall–Kier alpha value is -1.71. The van der Waals surface area contributed by atoms with Gasteiger partial charge in [-0.2, -0.15) is 0 Å². The second kappa shape index (κ2) is 8.66. The number of methoxy groups -OCH3 is 1. The SMILES string of the molecule is CCCOc1c(CNCc2ccccc2Cl)cccc1OC. The van der Waals surface area contributed by atoms with E-state index in [0.29, 0.717) is 19.7 Å². The Labute approximate surface area is 137 Å². The van der Waals surface area contributed by atoms with Crippen LogP contribution in [0.25, 0.3) is 0 Å². The van der Waals surface area contributed by atoms with Crippen LogP contribution >= 0.6 is 11.6 Å². The van der Waals surface area contributed by atoms with E-state index in [1.54, 1.807) is 7.11 Å². The highest BCUT2D eigenvalue weighted by atomic mass is 35.5. The third kappa shape index (κ3) is 4.39. The molecule has 0 bridgehead atoms. The first-order valence-corrected chi connectivity index (χ1v) is 7.86. The lowest BCUT2D eigenvalue weighted by Gasteiger charge is -2.15. The maximum Gasteiger partial charge on any atom is 0.165 e. The van der Waals surface area contributed by atoms with Crippen LogP contribution in [0.5, 0.6) is 11.5 Å². The normalized spacial score (nSPS) is 10.5. The molecule has 1 N–H and O–H groups in total. The minimum Gasteiger partial charge on any atom is -0.493 e. The second-order valence-electron chi connectivity index (χ2n) is 4.99. The van der Waals surface area contributed by atoms with Crippen molar-refractivity contribution in [3.8, 4) is 11.5 Å². The molecule has 0 radical (unpaired) electrons. The molecule has 0 aliphatic heterocycles. The number of rotatable bonds is 8. The lowest BCUT2D eigenvalue weighted by atomic mass is 10.1. The molecule has 2 rings (SSSR count). The van der Waals surface area contributed by atoms with Crippen molar-refractivity contribution in [2.24, 2.45) is 0 Å². The van der Waals surface area contributed by atoms with Crippen LogP contribution in [0.15, 0.2) is 42.5 Å². The Morgan fingerprint density at radius 3 is 2.45 bits per heavy atom. The number of hydrogen-bond donors (Lipinski definition) is 1. The maximum absolute atomic E-state index is 6.17. The van der Waals surface area contributed by atoms with Crippen LogP contribution in [0.2, 0.25) is 5.02 Å². The van der Waals surface area contributed by atoms with E-state index in [1.807, 2.05) is 42.5 Å². The van der Waals surface area contributed by atoms with Crippen molar-refractivity contribution in [3.05, 3.63) is 58.6 Å². The Bertz CT molecular complexity index is 601. The van der Waals surface area contributed by atoms with E-state index < -0.39 is 0 Å². The van der Waals surface area contributed by atoms with Crippen LogP contribution < -0.4 is 14.8 Å². The molecule has 0 fully saturated rings. The largest absolute Gasteiger partial charge is 0.493 e. The summed E-state index contributed by atoms with van der Waals surface area (Å²) in [5, 5.41) is 4.19. The number of halogens is 1. The molecule has 0 amide bonds. The molecule has 0 aliphatic carbocycles. The second-order valence-corrected chi connectivity index (χ2v) is 5.40. The van der Waals surface area contributed by atoms with Crippen molar-refractivity contribution in [1.29, 1.82) is 0 Å². The summed E-state index contributed by atoms with van der Waals surface area (Å²) >= 11 is 6.17. The van der Waals surface area contributed by atoms with Crippen LogP contribution in [0.1, 0.15) is 24.5 Å². The van der Waals surface area contributed by atoms with E-state index in [0.717, 1.165) is 34.1 Å². The van der Waals surface area contributed by atoms with Crippen molar-refractivity contribution in [2.75, 3.05) is 13.7 Å². The quantitative estimate of drug-likeness (QED) is 0.781. The average molecular weight is 320 g/mol. The van der Waals surface area contributed by atoms with Crippen molar-refractivity contribution >= 4 is 11.6 Å². The highest BCUT2D eigenvalue weighted by molar-refractivity contribution is 6.31. The molecule has 0 aliphatic rings. The van der Waals surface area contributed by atoms with Gasteiger partial charge in [0.2, 0.25) is 0 Å². The molecule has 2 aromatic rings. The molecular formula is C18H22ClNO2. The van der Waals surface area contributed by atoms with E-state index in [-0.39, 0.29) is 0 Å². The Morgan fingerprint density at radius 1 is 1.00 bits per heavy atom.